The Kier molecular flexibility index (Phi) is 5.46. The molecule has 2 aromatic carbocycles. The molecule has 1 atom stereocenters. The summed E-state index contributed by atoms with van der Waals surface area (Å²) in [6, 6.07) is 10.8. The normalized spacial score (nSPS) is 14.5. The second-order valence-corrected chi connectivity index (χ2v) is 7.86. The van der Waals surface area contributed by atoms with E-state index in [9.17, 15) is 14.4 Å². The first-order valence-corrected chi connectivity index (χ1v) is 9.53. The number of aryl methyl sites for hydroxylation is 1. The van der Waals surface area contributed by atoms with Crippen LogP contribution in [-0.4, -0.2) is 28.7 Å². The first kappa shape index (κ1) is 19.3. The van der Waals surface area contributed by atoms with E-state index >= 15 is 0 Å². The lowest BCUT2D eigenvalue weighted by molar-refractivity contribution is -0.139. The van der Waals surface area contributed by atoms with Gasteiger partial charge in [0.25, 0.3) is 11.8 Å². The quantitative estimate of drug-likeness (QED) is 0.402. The van der Waals surface area contributed by atoms with Crippen LogP contribution in [0.15, 0.2) is 46.9 Å². The molecule has 27 heavy (non-hydrogen) atoms. The molecule has 0 radical (unpaired) electrons. The summed E-state index contributed by atoms with van der Waals surface area (Å²) in [5.41, 5.74) is 1.56. The second kappa shape index (κ2) is 7.64. The Morgan fingerprint density at radius 3 is 2.19 bits per heavy atom. The molecule has 0 aliphatic carbocycles. The van der Waals surface area contributed by atoms with Crippen LogP contribution in [0.4, 0.5) is 0 Å². The number of amides is 2. The Labute approximate surface area is 166 Å². The highest BCUT2D eigenvalue weighted by Crippen LogP contribution is 2.28. The molecule has 3 rings (SSSR count). The maximum atomic E-state index is 12.9. The van der Waals surface area contributed by atoms with Gasteiger partial charge in [-0.15, -0.1) is 0 Å². The van der Waals surface area contributed by atoms with Crippen LogP contribution in [0.1, 0.15) is 46.5 Å². The molecular formula is C21H20BrNO4. The van der Waals surface area contributed by atoms with Gasteiger partial charge in [-0.3, -0.25) is 14.5 Å². The van der Waals surface area contributed by atoms with Gasteiger partial charge in [-0.05, 0) is 55.2 Å². The van der Waals surface area contributed by atoms with Crippen LogP contribution in [-0.2, 0) is 4.79 Å². The fraction of sp³-hybridized carbons (Fsp3) is 0.286. The molecule has 0 spiro atoms. The Morgan fingerprint density at radius 1 is 1.07 bits per heavy atom. The summed E-state index contributed by atoms with van der Waals surface area (Å²) in [5.74, 6) is -1.04. The molecular weight excluding hydrogens is 410 g/mol. The van der Waals surface area contributed by atoms with Gasteiger partial charge in [-0.1, -0.05) is 41.9 Å². The molecule has 0 aromatic heterocycles. The molecule has 1 aliphatic heterocycles. The third kappa shape index (κ3) is 3.81. The molecule has 6 heteroatoms. The maximum Gasteiger partial charge on any atom is 0.334 e. The Balaban J connectivity index is 1.90. The first-order chi connectivity index (χ1) is 12.8. The van der Waals surface area contributed by atoms with Crippen LogP contribution >= 0.6 is 15.9 Å². The van der Waals surface area contributed by atoms with Gasteiger partial charge >= 0.3 is 5.97 Å². The minimum Gasteiger partial charge on any atom is -0.425 e. The third-order valence-corrected chi connectivity index (χ3v) is 5.34. The second-order valence-electron chi connectivity index (χ2n) is 7.00. The molecule has 0 saturated carbocycles. The molecule has 0 fully saturated rings. The molecule has 1 unspecified atom stereocenters. The van der Waals surface area contributed by atoms with E-state index in [4.69, 9.17) is 4.74 Å². The predicted molar refractivity (Wildman–Crippen MR) is 105 cm³/mol. The van der Waals surface area contributed by atoms with E-state index in [2.05, 4.69) is 15.9 Å². The van der Waals surface area contributed by atoms with Gasteiger partial charge in [0.2, 0.25) is 0 Å². The summed E-state index contributed by atoms with van der Waals surface area (Å²) in [4.78, 5) is 39.5. The summed E-state index contributed by atoms with van der Waals surface area (Å²) in [5, 5.41) is 0. The van der Waals surface area contributed by atoms with Crippen molar-refractivity contribution in [2.24, 2.45) is 5.92 Å². The lowest BCUT2D eigenvalue weighted by Gasteiger charge is -2.26. The van der Waals surface area contributed by atoms with Crippen molar-refractivity contribution in [1.82, 2.24) is 4.90 Å². The summed E-state index contributed by atoms with van der Waals surface area (Å²) in [7, 11) is 0. The smallest absolute Gasteiger partial charge is 0.334 e. The molecule has 1 heterocycles. The highest BCUT2D eigenvalue weighted by atomic mass is 79.9. The number of fused-ring (bicyclic) bond motifs is 1. The predicted octanol–water partition coefficient (Wildman–Crippen LogP) is 4.37. The number of carbonyl (C=O) groups is 3. The van der Waals surface area contributed by atoms with Crippen molar-refractivity contribution < 1.29 is 19.1 Å². The van der Waals surface area contributed by atoms with E-state index < -0.39 is 23.8 Å². The van der Waals surface area contributed by atoms with Crippen molar-refractivity contribution in [2.45, 2.75) is 33.2 Å². The average molecular weight is 430 g/mol. The number of imide groups is 1. The lowest BCUT2D eigenvalue weighted by Crippen LogP contribution is -2.47. The highest BCUT2D eigenvalue weighted by Gasteiger charge is 2.43. The van der Waals surface area contributed by atoms with Gasteiger partial charge in [-0.25, -0.2) is 4.79 Å². The van der Waals surface area contributed by atoms with E-state index in [0.717, 1.165) is 14.9 Å². The van der Waals surface area contributed by atoms with Crippen molar-refractivity contribution in [3.8, 4) is 5.75 Å². The number of hydrogen-bond donors (Lipinski definition) is 0. The SMILES string of the molecule is Cc1cc(OC(=O)C(CC(C)C)N2C(=O)c3ccccc3C2=O)ccc1Br. The van der Waals surface area contributed by atoms with E-state index in [1.54, 1.807) is 42.5 Å². The van der Waals surface area contributed by atoms with Crippen molar-refractivity contribution in [1.29, 1.82) is 0 Å². The number of benzene rings is 2. The number of hydrogen-bond acceptors (Lipinski definition) is 4. The van der Waals surface area contributed by atoms with Gasteiger partial charge in [-0.2, -0.15) is 0 Å². The van der Waals surface area contributed by atoms with Crippen molar-refractivity contribution >= 4 is 33.7 Å². The molecule has 2 amide bonds. The highest BCUT2D eigenvalue weighted by molar-refractivity contribution is 9.10. The van der Waals surface area contributed by atoms with Crippen LogP contribution in [0.3, 0.4) is 0 Å². The van der Waals surface area contributed by atoms with Crippen molar-refractivity contribution in [3.63, 3.8) is 0 Å². The number of esters is 1. The zero-order chi connectivity index (χ0) is 19.7. The number of halogens is 1. The van der Waals surface area contributed by atoms with Gasteiger partial charge < -0.3 is 4.74 Å². The lowest BCUT2D eigenvalue weighted by atomic mass is 10.0. The average Bonchev–Trinajstić information content (AvgIpc) is 2.87. The Morgan fingerprint density at radius 2 is 1.67 bits per heavy atom. The third-order valence-electron chi connectivity index (χ3n) is 4.45. The van der Waals surface area contributed by atoms with E-state index in [1.165, 1.54) is 0 Å². The molecule has 0 bridgehead atoms. The molecule has 140 valence electrons. The number of carbonyl (C=O) groups excluding carboxylic acids is 3. The van der Waals surface area contributed by atoms with Crippen LogP contribution in [0.2, 0.25) is 0 Å². The van der Waals surface area contributed by atoms with E-state index in [0.29, 0.717) is 23.3 Å². The van der Waals surface area contributed by atoms with Gasteiger partial charge in [0, 0.05) is 4.47 Å². The van der Waals surface area contributed by atoms with Crippen LogP contribution in [0, 0.1) is 12.8 Å². The molecule has 5 nitrogen and oxygen atoms in total. The minimum absolute atomic E-state index is 0.0958. The fourth-order valence-electron chi connectivity index (χ4n) is 3.11. The minimum atomic E-state index is -0.971. The summed E-state index contributed by atoms with van der Waals surface area (Å²) in [6.07, 6.45) is 0.333. The standard InChI is InChI=1S/C21H20BrNO4/c1-12(2)10-18(21(26)27-14-8-9-17(22)13(3)11-14)23-19(24)15-6-4-5-7-16(15)20(23)25/h4-9,11-12,18H,10H2,1-3H3. The number of rotatable bonds is 5. The number of nitrogens with zero attached hydrogens (tertiary/aromatic N) is 1. The largest absolute Gasteiger partial charge is 0.425 e. The van der Waals surface area contributed by atoms with Gasteiger partial charge in [0.1, 0.15) is 11.8 Å². The first-order valence-electron chi connectivity index (χ1n) is 8.74. The van der Waals surface area contributed by atoms with Gasteiger partial charge in [0.15, 0.2) is 0 Å². The zero-order valence-corrected chi connectivity index (χ0v) is 16.9. The van der Waals surface area contributed by atoms with Crippen LogP contribution in [0.5, 0.6) is 5.75 Å². The van der Waals surface area contributed by atoms with E-state index in [-0.39, 0.29) is 5.92 Å². The Hall–Kier alpha value is -2.47. The summed E-state index contributed by atoms with van der Waals surface area (Å²) >= 11 is 3.41. The molecule has 2 aromatic rings. The summed E-state index contributed by atoms with van der Waals surface area (Å²) in [6.45, 7) is 5.75. The van der Waals surface area contributed by atoms with Crippen LogP contribution < -0.4 is 4.74 Å². The molecule has 0 saturated heterocycles. The zero-order valence-electron chi connectivity index (χ0n) is 15.4. The summed E-state index contributed by atoms with van der Waals surface area (Å²) < 4.78 is 6.42. The van der Waals surface area contributed by atoms with Crippen LogP contribution in [0.25, 0.3) is 0 Å². The molecule has 1 aliphatic rings. The van der Waals surface area contributed by atoms with Crippen molar-refractivity contribution in [3.05, 3.63) is 63.6 Å². The Bertz CT molecular complexity index is 887. The van der Waals surface area contributed by atoms with Crippen molar-refractivity contribution in [2.75, 3.05) is 0 Å². The monoisotopic (exact) mass is 429 g/mol. The number of ether oxygens (including phenoxy) is 1. The van der Waals surface area contributed by atoms with E-state index in [1.807, 2.05) is 20.8 Å². The topological polar surface area (TPSA) is 63.7 Å². The van der Waals surface area contributed by atoms with Gasteiger partial charge in [0.05, 0.1) is 11.1 Å². The molecule has 0 N–H and O–H groups in total. The fourth-order valence-corrected chi connectivity index (χ4v) is 3.36. The maximum absolute atomic E-state index is 12.9.